The van der Waals surface area contributed by atoms with Gasteiger partial charge in [0.25, 0.3) is 0 Å². The van der Waals surface area contributed by atoms with Gasteiger partial charge < -0.3 is 14.2 Å². The van der Waals surface area contributed by atoms with Gasteiger partial charge in [0.1, 0.15) is 5.75 Å². The Labute approximate surface area is 99.3 Å². The summed E-state index contributed by atoms with van der Waals surface area (Å²) in [5, 5.41) is 0. The minimum atomic E-state index is -0.691. The second kappa shape index (κ2) is 5.89. The number of methoxy groups -OCH3 is 2. The summed E-state index contributed by atoms with van der Waals surface area (Å²) in [6.07, 6.45) is -0.691. The molecule has 0 aromatic heterocycles. The summed E-state index contributed by atoms with van der Waals surface area (Å²) < 4.78 is 14.4. The summed E-state index contributed by atoms with van der Waals surface area (Å²) in [7, 11) is 2.61. The van der Waals surface area contributed by atoms with E-state index in [1.807, 2.05) is 0 Å². The first-order valence-electron chi connectivity index (χ1n) is 5.01. The van der Waals surface area contributed by atoms with E-state index in [9.17, 15) is 9.59 Å². The van der Waals surface area contributed by atoms with E-state index in [1.54, 1.807) is 31.2 Å². The lowest BCUT2D eigenvalue weighted by Crippen LogP contribution is -2.24. The molecule has 5 nitrogen and oxygen atoms in total. The standard InChI is InChI=1S/C12H14O5/c1-8(11(13)15-2)17-10-6-4-9(5-7-10)12(14)16-3/h4-8H,1-3H3/t8-/m0/s1. The molecule has 1 rings (SSSR count). The van der Waals surface area contributed by atoms with Crippen molar-refractivity contribution in [3.05, 3.63) is 29.8 Å². The summed E-state index contributed by atoms with van der Waals surface area (Å²) in [6.45, 7) is 1.58. The van der Waals surface area contributed by atoms with Crippen molar-refractivity contribution in [2.24, 2.45) is 0 Å². The van der Waals surface area contributed by atoms with Crippen LogP contribution in [0, 0.1) is 0 Å². The fourth-order valence-corrected chi connectivity index (χ4v) is 1.21. The first-order valence-corrected chi connectivity index (χ1v) is 5.01. The maximum absolute atomic E-state index is 11.2. The Balaban J connectivity index is 2.68. The summed E-state index contributed by atoms with van der Waals surface area (Å²) >= 11 is 0. The number of esters is 2. The number of benzene rings is 1. The Bertz CT molecular complexity index is 396. The molecule has 0 radical (unpaired) electrons. The van der Waals surface area contributed by atoms with Crippen LogP contribution in [-0.2, 0) is 14.3 Å². The van der Waals surface area contributed by atoms with Crippen molar-refractivity contribution in [1.29, 1.82) is 0 Å². The first-order chi connectivity index (χ1) is 8.08. The van der Waals surface area contributed by atoms with E-state index >= 15 is 0 Å². The third kappa shape index (κ3) is 3.48. The zero-order valence-electron chi connectivity index (χ0n) is 9.93. The van der Waals surface area contributed by atoms with Crippen molar-refractivity contribution >= 4 is 11.9 Å². The molecule has 0 unspecified atom stereocenters. The molecular formula is C12H14O5. The minimum Gasteiger partial charge on any atom is -0.479 e. The van der Waals surface area contributed by atoms with E-state index in [-0.39, 0.29) is 0 Å². The van der Waals surface area contributed by atoms with Gasteiger partial charge in [0, 0.05) is 0 Å². The lowest BCUT2D eigenvalue weighted by Gasteiger charge is -2.12. The van der Waals surface area contributed by atoms with Crippen LogP contribution in [0.15, 0.2) is 24.3 Å². The highest BCUT2D eigenvalue weighted by molar-refractivity contribution is 5.89. The Morgan fingerprint density at radius 2 is 1.65 bits per heavy atom. The van der Waals surface area contributed by atoms with Crippen molar-refractivity contribution in [2.75, 3.05) is 14.2 Å². The number of rotatable bonds is 4. The van der Waals surface area contributed by atoms with Crippen molar-refractivity contribution in [3.8, 4) is 5.75 Å². The van der Waals surface area contributed by atoms with Crippen LogP contribution in [0.1, 0.15) is 17.3 Å². The lowest BCUT2D eigenvalue weighted by atomic mass is 10.2. The van der Waals surface area contributed by atoms with E-state index in [4.69, 9.17) is 4.74 Å². The third-order valence-electron chi connectivity index (χ3n) is 2.12. The maximum Gasteiger partial charge on any atom is 0.346 e. The molecule has 0 aliphatic rings. The normalized spacial score (nSPS) is 11.5. The summed E-state index contributed by atoms with van der Waals surface area (Å²) in [5.74, 6) is -0.393. The Morgan fingerprint density at radius 1 is 1.06 bits per heavy atom. The van der Waals surface area contributed by atoms with Gasteiger partial charge in [-0.3, -0.25) is 0 Å². The van der Waals surface area contributed by atoms with Crippen LogP contribution in [0.3, 0.4) is 0 Å². The van der Waals surface area contributed by atoms with E-state index in [0.29, 0.717) is 11.3 Å². The molecule has 0 N–H and O–H groups in total. The largest absolute Gasteiger partial charge is 0.479 e. The van der Waals surface area contributed by atoms with E-state index < -0.39 is 18.0 Å². The summed E-state index contributed by atoms with van der Waals surface area (Å²) in [5.41, 5.74) is 0.422. The van der Waals surface area contributed by atoms with Gasteiger partial charge >= 0.3 is 11.9 Å². The molecular weight excluding hydrogens is 224 g/mol. The Hall–Kier alpha value is -2.04. The number of hydrogen-bond acceptors (Lipinski definition) is 5. The molecule has 0 aliphatic carbocycles. The van der Waals surface area contributed by atoms with Gasteiger partial charge in [0.15, 0.2) is 6.10 Å². The lowest BCUT2D eigenvalue weighted by molar-refractivity contribution is -0.147. The molecule has 0 fully saturated rings. The molecule has 92 valence electrons. The molecule has 1 atom stereocenters. The predicted octanol–water partition coefficient (Wildman–Crippen LogP) is 1.41. The molecule has 5 heteroatoms. The zero-order chi connectivity index (χ0) is 12.8. The van der Waals surface area contributed by atoms with Gasteiger partial charge in [0.05, 0.1) is 19.8 Å². The molecule has 0 amide bonds. The highest BCUT2D eigenvalue weighted by atomic mass is 16.6. The molecule has 0 saturated carbocycles. The van der Waals surface area contributed by atoms with Gasteiger partial charge in [-0.05, 0) is 31.2 Å². The second-order valence-corrected chi connectivity index (χ2v) is 3.30. The third-order valence-corrected chi connectivity index (χ3v) is 2.12. The molecule has 1 aromatic rings. The van der Waals surface area contributed by atoms with Crippen molar-refractivity contribution < 1.29 is 23.8 Å². The van der Waals surface area contributed by atoms with Gasteiger partial charge in [-0.2, -0.15) is 0 Å². The van der Waals surface area contributed by atoms with Gasteiger partial charge in [-0.15, -0.1) is 0 Å². The zero-order valence-corrected chi connectivity index (χ0v) is 9.93. The number of carbonyl (C=O) groups is 2. The second-order valence-electron chi connectivity index (χ2n) is 3.30. The van der Waals surface area contributed by atoms with Gasteiger partial charge in [-0.25, -0.2) is 9.59 Å². The Morgan fingerprint density at radius 3 is 2.12 bits per heavy atom. The molecule has 0 bridgehead atoms. The van der Waals surface area contributed by atoms with Crippen LogP contribution in [-0.4, -0.2) is 32.3 Å². The van der Waals surface area contributed by atoms with Crippen molar-refractivity contribution in [1.82, 2.24) is 0 Å². The topological polar surface area (TPSA) is 61.8 Å². The summed E-state index contributed by atoms with van der Waals surface area (Å²) in [6, 6.07) is 6.30. The quantitative estimate of drug-likeness (QED) is 0.742. The van der Waals surface area contributed by atoms with Crippen LogP contribution in [0.5, 0.6) is 5.75 Å². The monoisotopic (exact) mass is 238 g/mol. The van der Waals surface area contributed by atoms with Crippen molar-refractivity contribution in [3.63, 3.8) is 0 Å². The molecule has 17 heavy (non-hydrogen) atoms. The van der Waals surface area contributed by atoms with Crippen LogP contribution >= 0.6 is 0 Å². The van der Waals surface area contributed by atoms with Gasteiger partial charge in [0.2, 0.25) is 0 Å². The smallest absolute Gasteiger partial charge is 0.346 e. The SMILES string of the molecule is COC(=O)c1ccc(O[C@@H](C)C(=O)OC)cc1. The summed E-state index contributed by atoms with van der Waals surface area (Å²) in [4.78, 5) is 22.3. The van der Waals surface area contributed by atoms with E-state index in [1.165, 1.54) is 14.2 Å². The van der Waals surface area contributed by atoms with Crippen LogP contribution in [0.2, 0.25) is 0 Å². The molecule has 0 spiro atoms. The maximum atomic E-state index is 11.2. The first kappa shape index (κ1) is 13.0. The number of ether oxygens (including phenoxy) is 3. The number of hydrogen-bond donors (Lipinski definition) is 0. The minimum absolute atomic E-state index is 0.419. The van der Waals surface area contributed by atoms with E-state index in [0.717, 1.165) is 0 Å². The highest BCUT2D eigenvalue weighted by Crippen LogP contribution is 2.14. The highest BCUT2D eigenvalue weighted by Gasteiger charge is 2.14. The molecule has 0 aliphatic heterocycles. The average molecular weight is 238 g/mol. The average Bonchev–Trinajstić information content (AvgIpc) is 2.37. The fourth-order valence-electron chi connectivity index (χ4n) is 1.21. The van der Waals surface area contributed by atoms with Crippen LogP contribution in [0.4, 0.5) is 0 Å². The van der Waals surface area contributed by atoms with E-state index in [2.05, 4.69) is 9.47 Å². The molecule has 0 heterocycles. The van der Waals surface area contributed by atoms with Crippen LogP contribution in [0.25, 0.3) is 0 Å². The fraction of sp³-hybridized carbons (Fsp3) is 0.333. The molecule has 1 aromatic carbocycles. The van der Waals surface area contributed by atoms with Gasteiger partial charge in [-0.1, -0.05) is 0 Å². The van der Waals surface area contributed by atoms with Crippen molar-refractivity contribution in [2.45, 2.75) is 13.0 Å². The predicted molar refractivity (Wildman–Crippen MR) is 59.9 cm³/mol. The number of carbonyl (C=O) groups excluding carboxylic acids is 2. The van der Waals surface area contributed by atoms with Crippen LogP contribution < -0.4 is 4.74 Å². The Kier molecular flexibility index (Phi) is 4.51. The molecule has 0 saturated heterocycles.